The van der Waals surface area contributed by atoms with Gasteiger partial charge in [-0.25, -0.2) is 24.9 Å². The number of aryl methyl sites for hydroxylation is 1. The van der Waals surface area contributed by atoms with Gasteiger partial charge in [0.05, 0.1) is 87.1 Å². The largest absolute Gasteiger partial charge is 0.491 e. The quantitative estimate of drug-likeness (QED) is 0.0643. The van der Waals surface area contributed by atoms with Crippen LogP contribution in [0, 0.1) is 6.92 Å². The summed E-state index contributed by atoms with van der Waals surface area (Å²) in [7, 11) is 0. The van der Waals surface area contributed by atoms with Crippen LogP contribution in [0.2, 0.25) is 0 Å². The van der Waals surface area contributed by atoms with Crippen molar-refractivity contribution in [2.45, 2.75) is 166 Å². The zero-order valence-corrected chi connectivity index (χ0v) is 69.9. The highest BCUT2D eigenvalue weighted by Crippen LogP contribution is 2.35. The molecule has 16 aromatic rings. The minimum absolute atomic E-state index is 0.150. The second-order valence-electron chi connectivity index (χ2n) is 31.4. The van der Waals surface area contributed by atoms with Crippen molar-refractivity contribution in [2.24, 2.45) is 0 Å². The molecule has 0 saturated carbocycles. The first kappa shape index (κ1) is 82.0. The smallest absolute Gasteiger partial charge is 0.165 e. The van der Waals surface area contributed by atoms with Crippen LogP contribution in [0.15, 0.2) is 280 Å². The van der Waals surface area contributed by atoms with Gasteiger partial charge in [-0.15, -0.1) is 0 Å². The molecule has 11 aromatic carbocycles. The Morgan fingerprint density at radius 2 is 0.547 bits per heavy atom. The number of benzene rings is 11. The van der Waals surface area contributed by atoms with Crippen molar-refractivity contribution in [1.29, 1.82) is 0 Å². The zero-order chi connectivity index (χ0) is 82.6. The second-order valence-corrected chi connectivity index (χ2v) is 31.4. The van der Waals surface area contributed by atoms with Gasteiger partial charge in [0.15, 0.2) is 5.65 Å². The summed E-state index contributed by atoms with van der Waals surface area (Å²) in [6, 6.07) is 85.9. The molecule has 0 aliphatic carbocycles. The van der Waals surface area contributed by atoms with Crippen molar-refractivity contribution < 1.29 is 38.3 Å². The lowest BCUT2D eigenvalue weighted by molar-refractivity contribution is 0.0786. The Hall–Kier alpha value is -13.0. The summed E-state index contributed by atoms with van der Waals surface area (Å²) in [6.45, 7) is 34.1. The molecule has 0 aliphatic rings. The van der Waals surface area contributed by atoms with Gasteiger partial charge in [-0.2, -0.15) is 0 Å². The Bertz CT molecular complexity index is 5740. The number of imidazole rings is 4. The van der Waals surface area contributed by atoms with Gasteiger partial charge in [0.2, 0.25) is 0 Å². The fraction of sp³-hybridized carbons (Fsp3) is 0.250. The lowest BCUT2D eigenvalue weighted by atomic mass is 9.95. The average molecular weight is 1560 g/mol. The molecular weight excluding hydrogens is 1460 g/mol. The SMILES string of the molecule is CC(C)Oc1ccc(-c2ccc3ncn(-c4ccc(OC(C)C)cc4)c3c2)cc1.CC(C)Oc1ccc(-c2ccc3ncn(-c4ccc(OC(C)C)cc4)c3n2)cc1.CC(C)Oc1ccc(-n2cnc3ccc(-c4ccc(C(C)(C)O)cc4)cc32)cc1.Cc1cc2ncn(-c3ccc(OC(C)C)cc3)c2cc1-c1ccc(OC(C)C)cc1. The lowest BCUT2D eigenvalue weighted by Crippen LogP contribution is -2.14. The molecule has 117 heavy (non-hydrogen) atoms. The number of rotatable bonds is 23. The average Bonchev–Trinajstić information content (AvgIpc) is 1.69. The number of pyridine rings is 1. The maximum absolute atomic E-state index is 10.2. The second kappa shape index (κ2) is 36.7. The summed E-state index contributed by atoms with van der Waals surface area (Å²) in [5.41, 5.74) is 22.0. The van der Waals surface area contributed by atoms with Crippen LogP contribution >= 0.6 is 0 Å². The van der Waals surface area contributed by atoms with Crippen LogP contribution in [-0.2, 0) is 5.60 Å². The number of ether oxygens (including phenoxy) is 7. The highest BCUT2D eigenvalue weighted by Gasteiger charge is 2.19. The molecule has 0 fully saturated rings. The van der Waals surface area contributed by atoms with Gasteiger partial charge in [-0.05, 0) is 356 Å². The van der Waals surface area contributed by atoms with Crippen LogP contribution in [-0.4, -0.2) is 91.0 Å². The minimum Gasteiger partial charge on any atom is -0.491 e. The van der Waals surface area contributed by atoms with Crippen molar-refractivity contribution in [2.75, 3.05) is 0 Å². The van der Waals surface area contributed by atoms with Crippen LogP contribution in [0.3, 0.4) is 0 Å². The Morgan fingerprint density at radius 3 is 0.897 bits per heavy atom. The molecule has 0 radical (unpaired) electrons. The van der Waals surface area contributed by atoms with E-state index < -0.39 is 5.60 Å². The number of aromatic nitrogens is 9. The standard InChI is InChI=1S/C26H28N2O2.2C25H26N2O2.C24H25N3O2/c1-17(2)29-22-10-6-20(7-11-22)24-15-26-25(14-19(24)5)27-16-28(26)21-8-12-23(13-9-21)30-18(3)4;1-17(2)28-22-10-5-19(6-11-22)20-7-14-24-25(15-20)27(16-26-24)21-8-12-23(13-9-21)29-18(3)4;1-17(2)29-22-12-10-21(11-13-22)27-16-26-23-14-7-19(15-24(23)27)18-5-8-20(9-6-18)25(3,4)28;1-16(2)28-20-9-5-18(6-10-20)22-13-14-23-24(26-22)27(15-25-23)19-7-11-21(12-8-19)29-17(3)4/h6-18H,1-5H3;5-18H,1-4H3;5-17,28H,1-4H3;5-17H,1-4H3. The van der Waals surface area contributed by atoms with Crippen molar-refractivity contribution in [1.82, 2.24) is 43.2 Å². The van der Waals surface area contributed by atoms with Gasteiger partial charge in [0.25, 0.3) is 0 Å². The maximum Gasteiger partial charge on any atom is 0.165 e. The topological polar surface area (TPSA) is 169 Å². The molecule has 5 aromatic heterocycles. The molecule has 598 valence electrons. The minimum atomic E-state index is -0.841. The third-order valence-electron chi connectivity index (χ3n) is 18.9. The Balaban J connectivity index is 0.000000135. The fourth-order valence-corrected chi connectivity index (χ4v) is 13.6. The molecule has 17 heteroatoms. The van der Waals surface area contributed by atoms with E-state index in [1.54, 1.807) is 20.2 Å². The van der Waals surface area contributed by atoms with E-state index in [-0.39, 0.29) is 42.7 Å². The Labute approximate surface area is 686 Å². The fourth-order valence-electron chi connectivity index (χ4n) is 13.6. The molecule has 16 rings (SSSR count). The molecule has 0 bridgehead atoms. The van der Waals surface area contributed by atoms with Crippen LogP contribution in [0.4, 0.5) is 0 Å². The summed E-state index contributed by atoms with van der Waals surface area (Å²) in [6.07, 6.45) is 8.52. The van der Waals surface area contributed by atoms with Gasteiger partial charge < -0.3 is 38.3 Å². The van der Waals surface area contributed by atoms with Crippen LogP contribution in [0.25, 0.3) is 112 Å². The Kier molecular flexibility index (Phi) is 25.7. The van der Waals surface area contributed by atoms with E-state index in [1.807, 2.05) is 284 Å². The van der Waals surface area contributed by atoms with E-state index >= 15 is 0 Å². The first-order chi connectivity index (χ1) is 56.2. The summed E-state index contributed by atoms with van der Waals surface area (Å²) < 4.78 is 48.6. The van der Waals surface area contributed by atoms with Crippen molar-refractivity contribution in [3.8, 4) is 108 Å². The molecule has 17 nitrogen and oxygen atoms in total. The first-order valence-electron chi connectivity index (χ1n) is 40.2. The number of nitrogens with zero attached hydrogens (tertiary/aromatic N) is 9. The predicted molar refractivity (Wildman–Crippen MR) is 474 cm³/mol. The van der Waals surface area contributed by atoms with E-state index in [9.17, 15) is 5.11 Å². The zero-order valence-electron chi connectivity index (χ0n) is 69.9. The molecule has 1 N–H and O–H groups in total. The normalized spacial score (nSPS) is 11.5. The summed E-state index contributed by atoms with van der Waals surface area (Å²) >= 11 is 0. The first-order valence-corrected chi connectivity index (χ1v) is 40.2. The molecule has 0 amide bonds. The molecule has 0 unspecified atom stereocenters. The van der Waals surface area contributed by atoms with E-state index in [0.717, 1.165) is 146 Å². The highest BCUT2D eigenvalue weighted by atomic mass is 16.5. The molecule has 0 saturated heterocycles. The van der Waals surface area contributed by atoms with Gasteiger partial charge in [-0.1, -0.05) is 60.7 Å². The van der Waals surface area contributed by atoms with Crippen LogP contribution < -0.4 is 33.2 Å². The van der Waals surface area contributed by atoms with E-state index in [4.69, 9.17) is 38.1 Å². The van der Waals surface area contributed by atoms with E-state index in [0.29, 0.717) is 0 Å². The number of fused-ring (bicyclic) bond motifs is 4. The van der Waals surface area contributed by atoms with Gasteiger partial charge in [0.1, 0.15) is 71.1 Å². The summed E-state index contributed by atoms with van der Waals surface area (Å²) in [4.78, 5) is 23.1. The van der Waals surface area contributed by atoms with E-state index in [1.165, 1.54) is 16.7 Å². The predicted octanol–water partition coefficient (Wildman–Crippen LogP) is 24.2. The lowest BCUT2D eigenvalue weighted by Gasteiger charge is -2.18. The summed E-state index contributed by atoms with van der Waals surface area (Å²) in [5.74, 6) is 6.10. The van der Waals surface area contributed by atoms with E-state index in [2.05, 4.69) is 132 Å². The molecular formula is C100H105N9O8. The van der Waals surface area contributed by atoms with Crippen LogP contribution in [0.5, 0.6) is 40.2 Å². The molecule has 0 spiro atoms. The third kappa shape index (κ3) is 20.9. The Morgan fingerprint density at radius 1 is 0.274 bits per heavy atom. The van der Waals surface area contributed by atoms with Crippen LogP contribution in [0.1, 0.15) is 122 Å². The summed E-state index contributed by atoms with van der Waals surface area (Å²) in [5, 5.41) is 10.2. The van der Waals surface area contributed by atoms with Crippen molar-refractivity contribution in [3.05, 3.63) is 291 Å². The number of hydrogen-bond acceptors (Lipinski definition) is 13. The molecule has 0 atom stereocenters. The number of aliphatic hydroxyl groups is 1. The maximum atomic E-state index is 10.2. The van der Waals surface area contributed by atoms with Gasteiger partial charge in [-0.3, -0.25) is 18.3 Å². The molecule has 0 aliphatic heterocycles. The van der Waals surface area contributed by atoms with Gasteiger partial charge in [0, 0.05) is 28.3 Å². The van der Waals surface area contributed by atoms with Crippen molar-refractivity contribution in [3.63, 3.8) is 0 Å². The third-order valence-corrected chi connectivity index (χ3v) is 18.9. The van der Waals surface area contributed by atoms with Crippen molar-refractivity contribution >= 4 is 44.3 Å². The molecule has 5 heterocycles. The monoisotopic (exact) mass is 1560 g/mol. The van der Waals surface area contributed by atoms with Gasteiger partial charge >= 0.3 is 0 Å². The number of hydrogen-bond donors (Lipinski definition) is 1. The highest BCUT2D eigenvalue weighted by molar-refractivity contribution is 5.87.